The molecule has 0 saturated carbocycles. The Morgan fingerprint density at radius 2 is 2.40 bits per heavy atom. The molecule has 3 nitrogen and oxygen atoms in total. The zero-order valence-electron chi connectivity index (χ0n) is 5.00. The molecular formula is C6H4ClN3. The highest BCUT2D eigenvalue weighted by Gasteiger charge is 2.01. The molecule has 0 amide bonds. The standard InChI is InChI=1S/C6H4ClN3/c7-6-4(9)1-2-10-5(6)3-8/h1-2H,(H2,9,10). The van der Waals surface area contributed by atoms with Crippen LogP contribution in [0.3, 0.4) is 0 Å². The summed E-state index contributed by atoms with van der Waals surface area (Å²) < 4.78 is 0. The Morgan fingerprint density at radius 3 is 2.90 bits per heavy atom. The molecule has 50 valence electrons. The van der Waals surface area contributed by atoms with Crippen molar-refractivity contribution in [3.05, 3.63) is 23.0 Å². The Kier molecular flexibility index (Phi) is 1.74. The van der Waals surface area contributed by atoms with Gasteiger partial charge in [-0.2, -0.15) is 5.26 Å². The minimum Gasteiger partial charge on any atom is -0.397 e. The van der Waals surface area contributed by atoms with Crippen LogP contribution in [-0.4, -0.2) is 4.98 Å². The lowest BCUT2D eigenvalue weighted by atomic mass is 10.3. The van der Waals surface area contributed by atoms with Crippen molar-refractivity contribution in [3.8, 4) is 6.07 Å². The highest BCUT2D eigenvalue weighted by molar-refractivity contribution is 6.33. The topological polar surface area (TPSA) is 62.7 Å². The number of aromatic nitrogens is 1. The van der Waals surface area contributed by atoms with Crippen LogP contribution in [0, 0.1) is 11.3 Å². The molecular weight excluding hydrogens is 150 g/mol. The van der Waals surface area contributed by atoms with Crippen LogP contribution >= 0.6 is 11.6 Å². The number of rotatable bonds is 0. The maximum absolute atomic E-state index is 8.39. The Bertz CT molecular complexity index is 290. The zero-order valence-corrected chi connectivity index (χ0v) is 5.76. The van der Waals surface area contributed by atoms with E-state index in [0.717, 1.165) is 0 Å². The van der Waals surface area contributed by atoms with Crippen LogP contribution in [0.5, 0.6) is 0 Å². The van der Waals surface area contributed by atoms with E-state index >= 15 is 0 Å². The number of nitrogens with two attached hydrogens (primary N) is 1. The van der Waals surface area contributed by atoms with Crippen LogP contribution in [-0.2, 0) is 0 Å². The molecule has 0 fully saturated rings. The van der Waals surface area contributed by atoms with E-state index < -0.39 is 0 Å². The molecule has 4 heteroatoms. The average Bonchev–Trinajstić information content (AvgIpc) is 1.95. The van der Waals surface area contributed by atoms with Crippen molar-refractivity contribution in [2.24, 2.45) is 0 Å². The lowest BCUT2D eigenvalue weighted by Crippen LogP contribution is -1.90. The Morgan fingerprint density at radius 1 is 1.70 bits per heavy atom. The molecule has 2 N–H and O–H groups in total. The summed E-state index contributed by atoms with van der Waals surface area (Å²) in [6.07, 6.45) is 1.44. The van der Waals surface area contributed by atoms with Crippen LogP contribution in [0.2, 0.25) is 5.02 Å². The van der Waals surface area contributed by atoms with Gasteiger partial charge in [-0.25, -0.2) is 4.98 Å². The molecule has 0 bridgehead atoms. The fourth-order valence-corrected chi connectivity index (χ4v) is 0.691. The number of anilines is 1. The van der Waals surface area contributed by atoms with Crippen LogP contribution in [0.15, 0.2) is 12.3 Å². The lowest BCUT2D eigenvalue weighted by molar-refractivity contribution is 1.27. The molecule has 0 radical (unpaired) electrons. The summed E-state index contributed by atoms with van der Waals surface area (Å²) in [5.74, 6) is 0. The molecule has 1 aromatic rings. The molecule has 0 aliphatic heterocycles. The Labute approximate surface area is 63.1 Å². The van der Waals surface area contributed by atoms with Crippen molar-refractivity contribution >= 4 is 17.3 Å². The van der Waals surface area contributed by atoms with Gasteiger partial charge in [0, 0.05) is 6.20 Å². The van der Waals surface area contributed by atoms with Crippen LogP contribution in [0.1, 0.15) is 5.69 Å². The fraction of sp³-hybridized carbons (Fsp3) is 0. The number of nitrogen functional groups attached to an aromatic ring is 1. The summed E-state index contributed by atoms with van der Waals surface area (Å²) in [4.78, 5) is 3.68. The first-order chi connectivity index (χ1) is 4.75. The summed E-state index contributed by atoms with van der Waals surface area (Å²) >= 11 is 5.58. The average molecular weight is 154 g/mol. The van der Waals surface area contributed by atoms with E-state index in [9.17, 15) is 0 Å². The summed E-state index contributed by atoms with van der Waals surface area (Å²) in [6, 6.07) is 3.36. The van der Waals surface area contributed by atoms with E-state index in [-0.39, 0.29) is 10.7 Å². The molecule has 0 aliphatic carbocycles. The molecule has 1 aromatic heterocycles. The van der Waals surface area contributed by atoms with E-state index in [1.807, 2.05) is 6.07 Å². The predicted molar refractivity (Wildman–Crippen MR) is 38.4 cm³/mol. The van der Waals surface area contributed by atoms with Crippen molar-refractivity contribution in [2.45, 2.75) is 0 Å². The minimum atomic E-state index is 0.168. The summed E-state index contributed by atoms with van der Waals surface area (Å²) in [5.41, 5.74) is 5.92. The van der Waals surface area contributed by atoms with Gasteiger partial charge in [0.15, 0.2) is 5.69 Å². The van der Waals surface area contributed by atoms with Crippen LogP contribution in [0.25, 0.3) is 0 Å². The first-order valence-electron chi connectivity index (χ1n) is 2.56. The van der Waals surface area contributed by atoms with Crippen molar-refractivity contribution in [2.75, 3.05) is 5.73 Å². The zero-order chi connectivity index (χ0) is 7.56. The third-order valence-corrected chi connectivity index (χ3v) is 1.42. The van der Waals surface area contributed by atoms with Crippen molar-refractivity contribution < 1.29 is 0 Å². The molecule has 0 saturated heterocycles. The second-order valence-corrected chi connectivity index (χ2v) is 2.05. The van der Waals surface area contributed by atoms with Gasteiger partial charge in [0.25, 0.3) is 0 Å². The first-order valence-corrected chi connectivity index (χ1v) is 2.93. The minimum absolute atomic E-state index is 0.168. The van der Waals surface area contributed by atoms with E-state index in [1.165, 1.54) is 6.20 Å². The highest BCUT2D eigenvalue weighted by atomic mass is 35.5. The van der Waals surface area contributed by atoms with Gasteiger partial charge in [-0.15, -0.1) is 0 Å². The second kappa shape index (κ2) is 2.54. The summed E-state index contributed by atoms with van der Waals surface area (Å²) in [6.45, 7) is 0. The van der Waals surface area contributed by atoms with Crippen molar-refractivity contribution in [1.29, 1.82) is 5.26 Å². The largest absolute Gasteiger partial charge is 0.397 e. The van der Waals surface area contributed by atoms with Gasteiger partial charge in [0.1, 0.15) is 6.07 Å². The fourth-order valence-electron chi connectivity index (χ4n) is 0.537. The van der Waals surface area contributed by atoms with E-state index in [0.29, 0.717) is 5.69 Å². The Hall–Kier alpha value is -1.27. The molecule has 0 aromatic carbocycles. The smallest absolute Gasteiger partial charge is 0.161 e. The number of nitriles is 1. The molecule has 0 unspecified atom stereocenters. The summed E-state index contributed by atoms with van der Waals surface area (Å²) in [5, 5.41) is 8.62. The third-order valence-electron chi connectivity index (χ3n) is 1.02. The molecule has 0 spiro atoms. The number of nitrogens with zero attached hydrogens (tertiary/aromatic N) is 2. The van der Waals surface area contributed by atoms with Crippen LogP contribution in [0.4, 0.5) is 5.69 Å². The normalized spacial score (nSPS) is 8.80. The third kappa shape index (κ3) is 1.02. The number of pyridine rings is 1. The van der Waals surface area contributed by atoms with Gasteiger partial charge in [-0.05, 0) is 6.07 Å². The van der Waals surface area contributed by atoms with Gasteiger partial charge in [0.05, 0.1) is 10.7 Å². The first kappa shape index (κ1) is 6.84. The van der Waals surface area contributed by atoms with E-state index in [2.05, 4.69) is 4.98 Å². The SMILES string of the molecule is N#Cc1nccc(N)c1Cl. The molecule has 1 heterocycles. The Balaban J connectivity index is 3.31. The van der Waals surface area contributed by atoms with E-state index in [4.69, 9.17) is 22.6 Å². The van der Waals surface area contributed by atoms with Gasteiger partial charge < -0.3 is 5.73 Å². The summed E-state index contributed by atoms with van der Waals surface area (Å²) in [7, 11) is 0. The molecule has 0 aliphatic rings. The predicted octanol–water partition coefficient (Wildman–Crippen LogP) is 1.19. The maximum atomic E-state index is 8.39. The van der Waals surface area contributed by atoms with Gasteiger partial charge >= 0.3 is 0 Å². The second-order valence-electron chi connectivity index (χ2n) is 1.67. The number of hydrogen-bond donors (Lipinski definition) is 1. The number of halogens is 1. The lowest BCUT2D eigenvalue weighted by Gasteiger charge is -1.95. The van der Waals surface area contributed by atoms with Gasteiger partial charge in [0.2, 0.25) is 0 Å². The quantitative estimate of drug-likeness (QED) is 0.609. The van der Waals surface area contributed by atoms with Crippen molar-refractivity contribution in [3.63, 3.8) is 0 Å². The maximum Gasteiger partial charge on any atom is 0.161 e. The van der Waals surface area contributed by atoms with Crippen molar-refractivity contribution in [1.82, 2.24) is 4.98 Å². The molecule has 10 heavy (non-hydrogen) atoms. The van der Waals surface area contributed by atoms with E-state index in [1.54, 1.807) is 6.07 Å². The number of hydrogen-bond acceptors (Lipinski definition) is 3. The van der Waals surface area contributed by atoms with Gasteiger partial charge in [-0.3, -0.25) is 0 Å². The molecule has 1 rings (SSSR count). The molecule has 0 atom stereocenters. The van der Waals surface area contributed by atoms with Gasteiger partial charge in [-0.1, -0.05) is 11.6 Å². The highest BCUT2D eigenvalue weighted by Crippen LogP contribution is 2.19. The monoisotopic (exact) mass is 153 g/mol. The van der Waals surface area contributed by atoms with Crippen LogP contribution < -0.4 is 5.73 Å².